The van der Waals surface area contributed by atoms with Crippen molar-refractivity contribution in [3.8, 4) is 0 Å². The molecule has 132 valence electrons. The predicted molar refractivity (Wildman–Crippen MR) is 98.3 cm³/mol. The summed E-state index contributed by atoms with van der Waals surface area (Å²) in [6, 6.07) is 6.38. The fourth-order valence-corrected chi connectivity index (χ4v) is 3.82. The number of hydrogen-bond acceptors (Lipinski definition) is 5. The molecule has 3 heterocycles. The van der Waals surface area contributed by atoms with Crippen LogP contribution in [0.2, 0.25) is 0 Å². The topological polar surface area (TPSA) is 42.8 Å². The quantitative estimate of drug-likeness (QED) is 0.850. The number of nitrogens with zero attached hydrogens (tertiary/aromatic N) is 4. The number of rotatable bonds is 4. The Hall–Kier alpha value is -1.43. The summed E-state index contributed by atoms with van der Waals surface area (Å²) < 4.78 is 0. The molecule has 1 aromatic heterocycles. The third kappa shape index (κ3) is 4.15. The van der Waals surface area contributed by atoms with E-state index in [0.29, 0.717) is 6.04 Å². The summed E-state index contributed by atoms with van der Waals surface area (Å²) in [4.78, 5) is 11.6. The first kappa shape index (κ1) is 17.4. The van der Waals surface area contributed by atoms with Gasteiger partial charge in [-0.05, 0) is 32.4 Å². The standard InChI is InChI=1S/C19H30N4O/c1-3-16(2)14-21-9-7-17(18(24)15-21)22-10-12-23(13-11-22)19-6-4-5-8-20-19/h3-6,8,17-18,24H,7,9-15H2,1-2H3/b16-3+/t17-,18-/m1/s1. The van der Waals surface area contributed by atoms with Crippen molar-refractivity contribution < 1.29 is 5.11 Å². The molecule has 5 heteroatoms. The van der Waals surface area contributed by atoms with E-state index in [1.54, 1.807) is 0 Å². The highest BCUT2D eigenvalue weighted by Gasteiger charge is 2.33. The number of aliphatic hydroxyl groups is 1. The van der Waals surface area contributed by atoms with E-state index in [1.807, 2.05) is 18.3 Å². The molecule has 24 heavy (non-hydrogen) atoms. The average Bonchev–Trinajstić information content (AvgIpc) is 2.63. The second-order valence-corrected chi connectivity index (χ2v) is 7.00. The molecule has 0 spiro atoms. The van der Waals surface area contributed by atoms with Crippen LogP contribution in [0.5, 0.6) is 0 Å². The van der Waals surface area contributed by atoms with Gasteiger partial charge in [-0.2, -0.15) is 0 Å². The third-order valence-corrected chi connectivity index (χ3v) is 5.35. The van der Waals surface area contributed by atoms with Crippen molar-refractivity contribution in [2.24, 2.45) is 0 Å². The summed E-state index contributed by atoms with van der Waals surface area (Å²) in [5, 5.41) is 10.6. The van der Waals surface area contributed by atoms with Gasteiger partial charge in [0, 0.05) is 58.1 Å². The van der Waals surface area contributed by atoms with Crippen LogP contribution >= 0.6 is 0 Å². The molecule has 5 nitrogen and oxygen atoms in total. The zero-order chi connectivity index (χ0) is 16.9. The van der Waals surface area contributed by atoms with Crippen molar-refractivity contribution in [2.45, 2.75) is 32.4 Å². The number of aliphatic hydroxyl groups excluding tert-OH is 1. The van der Waals surface area contributed by atoms with E-state index < -0.39 is 0 Å². The molecule has 0 amide bonds. The van der Waals surface area contributed by atoms with E-state index in [-0.39, 0.29) is 6.10 Å². The van der Waals surface area contributed by atoms with Crippen LogP contribution in [0, 0.1) is 0 Å². The molecule has 0 radical (unpaired) electrons. The van der Waals surface area contributed by atoms with Gasteiger partial charge in [-0.15, -0.1) is 0 Å². The van der Waals surface area contributed by atoms with Crippen molar-refractivity contribution in [3.63, 3.8) is 0 Å². The monoisotopic (exact) mass is 330 g/mol. The summed E-state index contributed by atoms with van der Waals surface area (Å²) in [6.45, 7) is 11.1. The molecule has 2 atom stereocenters. The number of anilines is 1. The lowest BCUT2D eigenvalue weighted by Crippen LogP contribution is -2.59. The number of aromatic nitrogens is 1. The van der Waals surface area contributed by atoms with Crippen molar-refractivity contribution in [2.75, 3.05) is 50.7 Å². The molecule has 2 aliphatic rings. The Labute approximate surface area is 145 Å². The van der Waals surface area contributed by atoms with Crippen LogP contribution in [-0.4, -0.2) is 77.8 Å². The van der Waals surface area contributed by atoms with Crippen LogP contribution < -0.4 is 4.90 Å². The number of allylic oxidation sites excluding steroid dienone is 1. The van der Waals surface area contributed by atoms with Crippen molar-refractivity contribution in [3.05, 3.63) is 36.0 Å². The lowest BCUT2D eigenvalue weighted by Gasteiger charge is -2.45. The molecule has 2 saturated heterocycles. The maximum Gasteiger partial charge on any atom is 0.128 e. The molecule has 2 aliphatic heterocycles. The molecule has 0 saturated carbocycles. The van der Waals surface area contributed by atoms with Gasteiger partial charge < -0.3 is 10.0 Å². The zero-order valence-corrected chi connectivity index (χ0v) is 14.9. The highest BCUT2D eigenvalue weighted by atomic mass is 16.3. The van der Waals surface area contributed by atoms with Gasteiger partial charge in [0.15, 0.2) is 0 Å². The summed E-state index contributed by atoms with van der Waals surface area (Å²) in [6.07, 6.45) is 4.83. The lowest BCUT2D eigenvalue weighted by atomic mass is 9.98. The Morgan fingerprint density at radius 1 is 1.25 bits per heavy atom. The highest BCUT2D eigenvalue weighted by molar-refractivity contribution is 5.38. The lowest BCUT2D eigenvalue weighted by molar-refractivity contribution is -0.0123. The number of hydrogen-bond donors (Lipinski definition) is 1. The third-order valence-electron chi connectivity index (χ3n) is 5.35. The minimum absolute atomic E-state index is 0.246. The van der Waals surface area contributed by atoms with Crippen LogP contribution in [0.25, 0.3) is 0 Å². The number of β-amino-alcohol motifs (C(OH)–C–C–N with tert-alkyl or cyclic N) is 1. The van der Waals surface area contributed by atoms with E-state index in [2.05, 4.69) is 45.7 Å². The summed E-state index contributed by atoms with van der Waals surface area (Å²) >= 11 is 0. The van der Waals surface area contributed by atoms with E-state index in [9.17, 15) is 5.11 Å². The zero-order valence-electron chi connectivity index (χ0n) is 14.9. The van der Waals surface area contributed by atoms with E-state index in [4.69, 9.17) is 0 Å². The molecule has 0 aliphatic carbocycles. The second kappa shape index (κ2) is 8.10. The Morgan fingerprint density at radius 2 is 2.04 bits per heavy atom. The SMILES string of the molecule is C/C=C(\C)CN1CC[C@@H](N2CCN(c3ccccn3)CC2)[C@H](O)C1. The van der Waals surface area contributed by atoms with Crippen molar-refractivity contribution in [1.82, 2.24) is 14.8 Å². The summed E-state index contributed by atoms with van der Waals surface area (Å²) in [5.41, 5.74) is 1.38. The molecule has 0 aromatic carbocycles. The molecule has 1 aromatic rings. The number of piperazine rings is 1. The van der Waals surface area contributed by atoms with Gasteiger partial charge in [-0.3, -0.25) is 9.80 Å². The average molecular weight is 330 g/mol. The van der Waals surface area contributed by atoms with E-state index in [0.717, 1.165) is 58.1 Å². The molecule has 1 N–H and O–H groups in total. The Balaban J connectivity index is 1.50. The number of likely N-dealkylation sites (tertiary alicyclic amines) is 1. The van der Waals surface area contributed by atoms with Gasteiger partial charge in [-0.1, -0.05) is 17.7 Å². The van der Waals surface area contributed by atoms with Gasteiger partial charge in [0.2, 0.25) is 0 Å². The normalized spacial score (nSPS) is 27.5. The minimum atomic E-state index is -0.246. The maximum absolute atomic E-state index is 10.6. The van der Waals surface area contributed by atoms with Crippen molar-refractivity contribution in [1.29, 1.82) is 0 Å². The first-order chi connectivity index (χ1) is 11.7. The fraction of sp³-hybridized carbons (Fsp3) is 0.632. The number of piperidine rings is 1. The van der Waals surface area contributed by atoms with Gasteiger partial charge in [-0.25, -0.2) is 4.98 Å². The molecule has 2 fully saturated rings. The molecular weight excluding hydrogens is 300 g/mol. The van der Waals surface area contributed by atoms with Crippen molar-refractivity contribution >= 4 is 5.82 Å². The highest BCUT2D eigenvalue weighted by Crippen LogP contribution is 2.21. The van der Waals surface area contributed by atoms with Crippen LogP contribution in [0.3, 0.4) is 0 Å². The summed E-state index contributed by atoms with van der Waals surface area (Å²) in [5.74, 6) is 1.06. The first-order valence-corrected chi connectivity index (χ1v) is 9.09. The maximum atomic E-state index is 10.6. The Morgan fingerprint density at radius 3 is 2.67 bits per heavy atom. The largest absolute Gasteiger partial charge is 0.390 e. The molecule has 0 unspecified atom stereocenters. The fourth-order valence-electron chi connectivity index (χ4n) is 3.82. The van der Waals surface area contributed by atoms with Gasteiger partial charge >= 0.3 is 0 Å². The number of pyridine rings is 1. The van der Waals surface area contributed by atoms with Crippen LogP contribution in [0.15, 0.2) is 36.0 Å². The minimum Gasteiger partial charge on any atom is -0.390 e. The van der Waals surface area contributed by atoms with Crippen LogP contribution in [0.1, 0.15) is 20.3 Å². The van der Waals surface area contributed by atoms with Gasteiger partial charge in [0.25, 0.3) is 0 Å². The van der Waals surface area contributed by atoms with Gasteiger partial charge in [0.1, 0.15) is 5.82 Å². The Bertz CT molecular complexity index is 540. The smallest absolute Gasteiger partial charge is 0.128 e. The van der Waals surface area contributed by atoms with Crippen LogP contribution in [0.4, 0.5) is 5.82 Å². The predicted octanol–water partition coefficient (Wildman–Crippen LogP) is 1.60. The molecule has 3 rings (SSSR count). The van der Waals surface area contributed by atoms with Gasteiger partial charge in [0.05, 0.1) is 6.10 Å². The Kier molecular flexibility index (Phi) is 5.87. The van der Waals surface area contributed by atoms with E-state index >= 15 is 0 Å². The first-order valence-electron chi connectivity index (χ1n) is 9.09. The second-order valence-electron chi connectivity index (χ2n) is 7.00. The molecule has 0 bridgehead atoms. The van der Waals surface area contributed by atoms with Crippen LogP contribution in [-0.2, 0) is 0 Å². The summed E-state index contributed by atoms with van der Waals surface area (Å²) in [7, 11) is 0. The molecular formula is C19H30N4O. The van der Waals surface area contributed by atoms with E-state index in [1.165, 1.54) is 5.57 Å².